The molecule has 2 unspecified atom stereocenters. The molecule has 1 fully saturated rings. The number of nitrogens with one attached hydrogen (secondary N) is 1. The van der Waals surface area contributed by atoms with Crippen LogP contribution in [0.1, 0.15) is 32.6 Å². The van der Waals surface area contributed by atoms with Gasteiger partial charge >= 0.3 is 0 Å². The van der Waals surface area contributed by atoms with Crippen molar-refractivity contribution in [1.82, 2.24) is 0 Å². The highest BCUT2D eigenvalue weighted by Gasteiger charge is 2.25. The fraction of sp³-hybridized carbons (Fsp3) is 0.538. The third kappa shape index (κ3) is 3.70. The molecule has 2 atom stereocenters. The van der Waals surface area contributed by atoms with Crippen molar-refractivity contribution in [2.45, 2.75) is 43.5 Å². The van der Waals surface area contributed by atoms with Crippen molar-refractivity contribution < 1.29 is 13.3 Å². The van der Waals surface area contributed by atoms with Gasteiger partial charge in [-0.3, -0.25) is 10.1 Å². The molecule has 1 aliphatic carbocycles. The summed E-state index contributed by atoms with van der Waals surface area (Å²) in [5, 5.41) is 19.2. The van der Waals surface area contributed by atoms with E-state index in [1.54, 1.807) is 0 Å². The fourth-order valence-electron chi connectivity index (χ4n) is 2.72. The first-order chi connectivity index (χ1) is 9.79. The van der Waals surface area contributed by atoms with Crippen LogP contribution in [0.2, 0.25) is 0 Å². The Morgan fingerprint density at radius 1 is 1.33 bits per heavy atom. The lowest BCUT2D eigenvalue weighted by molar-refractivity contribution is -0.384. The van der Waals surface area contributed by atoms with Gasteiger partial charge in [0.05, 0.1) is 10.6 Å². The van der Waals surface area contributed by atoms with Crippen LogP contribution in [0, 0.1) is 16.0 Å². The predicted octanol–water partition coefficient (Wildman–Crippen LogP) is 2.23. The molecule has 8 heteroatoms. The lowest BCUT2D eigenvalue weighted by Crippen LogP contribution is -2.31. The predicted molar refractivity (Wildman–Crippen MR) is 79.5 cm³/mol. The van der Waals surface area contributed by atoms with E-state index in [2.05, 4.69) is 12.2 Å². The Bertz CT molecular complexity index is 645. The quantitative estimate of drug-likeness (QED) is 0.653. The van der Waals surface area contributed by atoms with Crippen molar-refractivity contribution >= 4 is 21.4 Å². The summed E-state index contributed by atoms with van der Waals surface area (Å²) in [6.07, 6.45) is 4.17. The zero-order valence-electron chi connectivity index (χ0n) is 11.8. The number of anilines is 1. The molecule has 1 aromatic rings. The molecular formula is C13H19N3O4S. The maximum atomic E-state index is 11.6. The first-order valence-electron chi connectivity index (χ1n) is 6.87. The van der Waals surface area contributed by atoms with Crippen molar-refractivity contribution in [2.24, 2.45) is 11.1 Å². The van der Waals surface area contributed by atoms with E-state index in [1.807, 2.05) is 0 Å². The van der Waals surface area contributed by atoms with E-state index in [1.165, 1.54) is 12.1 Å². The van der Waals surface area contributed by atoms with Crippen LogP contribution < -0.4 is 10.5 Å². The number of benzene rings is 1. The van der Waals surface area contributed by atoms with E-state index in [0.717, 1.165) is 31.7 Å². The lowest BCUT2D eigenvalue weighted by atomic mass is 9.86. The van der Waals surface area contributed by atoms with Gasteiger partial charge in [-0.15, -0.1) is 0 Å². The fourth-order valence-corrected chi connectivity index (χ4v) is 3.40. The van der Waals surface area contributed by atoms with Crippen molar-refractivity contribution in [3.05, 3.63) is 28.3 Å². The molecule has 1 aromatic carbocycles. The van der Waals surface area contributed by atoms with E-state index < -0.39 is 14.9 Å². The number of nitro benzene ring substituents is 1. The Labute approximate surface area is 123 Å². The minimum atomic E-state index is -3.93. The summed E-state index contributed by atoms with van der Waals surface area (Å²) in [7, 11) is -3.93. The zero-order chi connectivity index (χ0) is 15.6. The van der Waals surface area contributed by atoms with Crippen LogP contribution >= 0.6 is 0 Å². The number of non-ortho nitro benzene ring substituents is 1. The second-order valence-electron chi connectivity index (χ2n) is 5.50. The molecule has 3 N–H and O–H groups in total. The molecule has 116 valence electrons. The maximum absolute atomic E-state index is 11.6. The van der Waals surface area contributed by atoms with Crippen LogP contribution in [-0.4, -0.2) is 19.4 Å². The number of nitrogens with zero attached hydrogens (tertiary/aromatic N) is 1. The van der Waals surface area contributed by atoms with Gasteiger partial charge in [0.25, 0.3) is 5.69 Å². The summed E-state index contributed by atoms with van der Waals surface area (Å²) in [5.74, 6) is 0.381. The van der Waals surface area contributed by atoms with Gasteiger partial charge in [0, 0.05) is 18.2 Å². The number of sulfonamides is 1. The van der Waals surface area contributed by atoms with Gasteiger partial charge < -0.3 is 5.32 Å². The highest BCUT2D eigenvalue weighted by atomic mass is 32.2. The number of nitrogens with two attached hydrogens (primary N) is 1. The van der Waals surface area contributed by atoms with Gasteiger partial charge in [-0.1, -0.05) is 19.8 Å². The first kappa shape index (κ1) is 15.7. The summed E-state index contributed by atoms with van der Waals surface area (Å²) in [5.41, 5.74) is 0.0545. The van der Waals surface area contributed by atoms with Gasteiger partial charge in [0.2, 0.25) is 10.0 Å². The smallest absolute Gasteiger partial charge is 0.271 e. The van der Waals surface area contributed by atoms with E-state index >= 15 is 0 Å². The maximum Gasteiger partial charge on any atom is 0.271 e. The first-order valence-corrected chi connectivity index (χ1v) is 8.41. The number of nitro groups is 1. The molecule has 21 heavy (non-hydrogen) atoms. The largest absolute Gasteiger partial charge is 0.381 e. The van der Waals surface area contributed by atoms with Crippen LogP contribution in [-0.2, 0) is 10.0 Å². The Kier molecular flexibility index (Phi) is 4.48. The van der Waals surface area contributed by atoms with Crippen molar-refractivity contribution in [2.75, 3.05) is 5.32 Å². The minimum absolute atomic E-state index is 0.0984. The lowest BCUT2D eigenvalue weighted by Gasteiger charge is -2.30. The standard InChI is InChI=1S/C13H19N3O4S/c1-9-4-2-3-5-11(9)15-12-8-10(16(17)18)6-7-13(12)21(14,19)20/h6-9,11,15H,2-5H2,1H3,(H2,14,19,20). The second-order valence-corrected chi connectivity index (χ2v) is 7.02. The number of hydrogen-bond acceptors (Lipinski definition) is 5. The summed E-state index contributed by atoms with van der Waals surface area (Å²) < 4.78 is 23.3. The summed E-state index contributed by atoms with van der Waals surface area (Å²) >= 11 is 0. The van der Waals surface area contributed by atoms with Crippen LogP contribution in [0.5, 0.6) is 0 Å². The normalized spacial score (nSPS) is 22.8. The van der Waals surface area contributed by atoms with E-state index in [0.29, 0.717) is 5.92 Å². The van der Waals surface area contributed by atoms with Gasteiger partial charge in [-0.2, -0.15) is 0 Å². The van der Waals surface area contributed by atoms with Crippen molar-refractivity contribution in [3.63, 3.8) is 0 Å². The third-order valence-corrected chi connectivity index (χ3v) is 4.90. The molecule has 0 bridgehead atoms. The van der Waals surface area contributed by atoms with Gasteiger partial charge in [-0.05, 0) is 24.8 Å². The Balaban J connectivity index is 2.38. The molecule has 0 aromatic heterocycles. The second kappa shape index (κ2) is 5.98. The topological polar surface area (TPSA) is 115 Å². The Hall–Kier alpha value is -1.67. The molecule has 1 aliphatic rings. The third-order valence-electron chi connectivity index (χ3n) is 3.93. The van der Waals surface area contributed by atoms with Crippen LogP contribution in [0.15, 0.2) is 23.1 Å². The molecule has 0 radical (unpaired) electrons. The molecular weight excluding hydrogens is 294 g/mol. The molecule has 7 nitrogen and oxygen atoms in total. The summed E-state index contributed by atoms with van der Waals surface area (Å²) in [4.78, 5) is 10.2. The van der Waals surface area contributed by atoms with Gasteiger partial charge in [0.15, 0.2) is 0 Å². The molecule has 0 saturated heterocycles. The molecule has 0 amide bonds. The zero-order valence-corrected chi connectivity index (χ0v) is 12.6. The van der Waals surface area contributed by atoms with E-state index in [-0.39, 0.29) is 22.3 Å². The average molecular weight is 313 g/mol. The Morgan fingerprint density at radius 3 is 2.57 bits per heavy atom. The van der Waals surface area contributed by atoms with Crippen LogP contribution in [0.3, 0.4) is 0 Å². The monoisotopic (exact) mass is 313 g/mol. The van der Waals surface area contributed by atoms with E-state index in [4.69, 9.17) is 5.14 Å². The van der Waals surface area contributed by atoms with Gasteiger partial charge in [-0.25, -0.2) is 13.6 Å². The number of hydrogen-bond donors (Lipinski definition) is 2. The highest BCUT2D eigenvalue weighted by Crippen LogP contribution is 2.31. The molecule has 0 spiro atoms. The molecule has 0 heterocycles. The molecule has 2 rings (SSSR count). The number of rotatable bonds is 4. The van der Waals surface area contributed by atoms with Crippen molar-refractivity contribution in [1.29, 1.82) is 0 Å². The summed E-state index contributed by atoms with van der Waals surface area (Å²) in [6, 6.07) is 3.67. The van der Waals surface area contributed by atoms with Crippen LogP contribution in [0.4, 0.5) is 11.4 Å². The number of primary sulfonamides is 1. The Morgan fingerprint density at radius 2 is 2.00 bits per heavy atom. The van der Waals surface area contributed by atoms with Gasteiger partial charge in [0.1, 0.15) is 4.90 Å². The molecule has 1 saturated carbocycles. The van der Waals surface area contributed by atoms with E-state index in [9.17, 15) is 18.5 Å². The highest BCUT2D eigenvalue weighted by molar-refractivity contribution is 7.89. The van der Waals surface area contributed by atoms with Crippen molar-refractivity contribution in [3.8, 4) is 0 Å². The average Bonchev–Trinajstić information content (AvgIpc) is 2.40. The van der Waals surface area contributed by atoms with Crippen LogP contribution in [0.25, 0.3) is 0 Å². The summed E-state index contributed by atoms with van der Waals surface area (Å²) in [6.45, 7) is 2.09. The molecule has 0 aliphatic heterocycles. The SMILES string of the molecule is CC1CCCCC1Nc1cc([N+](=O)[O-])ccc1S(N)(=O)=O. The minimum Gasteiger partial charge on any atom is -0.381 e.